The van der Waals surface area contributed by atoms with Crippen LogP contribution in [0, 0.1) is 0 Å². The van der Waals surface area contributed by atoms with Crippen LogP contribution in [0.5, 0.6) is 0 Å². The molecule has 6 nitrogen and oxygen atoms in total. The molecule has 1 aromatic heterocycles. The standard InChI is InChI=1S/C16H22N2O4/c1-15(2,3)22-14(21)18-9-5-7-16(18,13(19)20)10-12-6-4-8-17-11-12/h4,6,8,11H,5,7,9-10H2,1-3H3,(H,19,20)/p-1/t16-/m0/s1. The summed E-state index contributed by atoms with van der Waals surface area (Å²) in [5.74, 6) is -1.25. The zero-order valence-corrected chi connectivity index (χ0v) is 13.2. The van der Waals surface area contributed by atoms with Crippen LogP contribution in [0.2, 0.25) is 0 Å². The molecule has 1 aliphatic heterocycles. The molecule has 1 saturated heterocycles. The van der Waals surface area contributed by atoms with Crippen LogP contribution in [-0.4, -0.2) is 39.6 Å². The van der Waals surface area contributed by atoms with Gasteiger partial charge in [-0.1, -0.05) is 6.07 Å². The first kappa shape index (κ1) is 16.3. The second-order valence-corrected chi connectivity index (χ2v) is 6.59. The van der Waals surface area contributed by atoms with Gasteiger partial charge < -0.3 is 14.6 Å². The number of carbonyl (C=O) groups excluding carboxylic acids is 2. The van der Waals surface area contributed by atoms with E-state index in [0.29, 0.717) is 19.4 Å². The number of nitrogens with zero attached hydrogens (tertiary/aromatic N) is 2. The van der Waals surface area contributed by atoms with Crippen molar-refractivity contribution in [3.05, 3.63) is 30.1 Å². The molecule has 6 heteroatoms. The maximum atomic E-state index is 12.4. The highest BCUT2D eigenvalue weighted by atomic mass is 16.6. The Morgan fingerprint density at radius 2 is 2.18 bits per heavy atom. The molecule has 0 radical (unpaired) electrons. The van der Waals surface area contributed by atoms with Crippen LogP contribution in [-0.2, 0) is 16.0 Å². The third-order valence-corrected chi connectivity index (χ3v) is 3.70. The average Bonchev–Trinajstić information content (AvgIpc) is 2.83. The van der Waals surface area contributed by atoms with Crippen molar-refractivity contribution in [1.29, 1.82) is 0 Å². The molecule has 0 aromatic carbocycles. The van der Waals surface area contributed by atoms with Gasteiger partial charge in [0.25, 0.3) is 0 Å². The molecule has 0 saturated carbocycles. The van der Waals surface area contributed by atoms with Crippen molar-refractivity contribution >= 4 is 12.1 Å². The molecule has 1 fully saturated rings. The molecule has 0 spiro atoms. The predicted octanol–water partition coefficient (Wildman–Crippen LogP) is 1.14. The van der Waals surface area contributed by atoms with Gasteiger partial charge in [-0.3, -0.25) is 9.88 Å². The molecule has 120 valence electrons. The van der Waals surface area contributed by atoms with Crippen LogP contribution in [0.3, 0.4) is 0 Å². The topological polar surface area (TPSA) is 82.6 Å². The van der Waals surface area contributed by atoms with Gasteiger partial charge in [-0.05, 0) is 45.2 Å². The van der Waals surface area contributed by atoms with Gasteiger partial charge in [-0.25, -0.2) is 4.79 Å². The summed E-state index contributed by atoms with van der Waals surface area (Å²) >= 11 is 0. The predicted molar refractivity (Wildman–Crippen MR) is 77.9 cm³/mol. The molecule has 1 aromatic rings. The monoisotopic (exact) mass is 305 g/mol. The van der Waals surface area contributed by atoms with Crippen molar-refractivity contribution in [3.63, 3.8) is 0 Å². The average molecular weight is 305 g/mol. The van der Waals surface area contributed by atoms with E-state index in [1.165, 1.54) is 4.90 Å². The lowest BCUT2D eigenvalue weighted by Gasteiger charge is -2.40. The molecule has 0 N–H and O–H groups in total. The zero-order valence-electron chi connectivity index (χ0n) is 13.2. The Balaban J connectivity index is 2.28. The molecule has 0 unspecified atom stereocenters. The molecule has 1 aliphatic rings. The molecular formula is C16H21N2O4-. The summed E-state index contributed by atoms with van der Waals surface area (Å²) in [6.07, 6.45) is 3.74. The number of carbonyl (C=O) groups is 2. The number of aromatic nitrogens is 1. The fourth-order valence-corrected chi connectivity index (χ4v) is 2.77. The minimum absolute atomic E-state index is 0.169. The van der Waals surface area contributed by atoms with Gasteiger partial charge in [0.1, 0.15) is 5.60 Å². The molecule has 1 atom stereocenters. The maximum Gasteiger partial charge on any atom is 0.411 e. The van der Waals surface area contributed by atoms with Crippen LogP contribution in [0.4, 0.5) is 4.79 Å². The van der Waals surface area contributed by atoms with E-state index in [1.54, 1.807) is 45.3 Å². The lowest BCUT2D eigenvalue weighted by atomic mass is 9.89. The van der Waals surface area contributed by atoms with E-state index in [2.05, 4.69) is 4.98 Å². The molecule has 0 aliphatic carbocycles. The lowest BCUT2D eigenvalue weighted by molar-refractivity contribution is -0.317. The molecule has 0 bridgehead atoms. The maximum absolute atomic E-state index is 12.4. The first-order valence-electron chi connectivity index (χ1n) is 7.36. The largest absolute Gasteiger partial charge is 0.548 e. The minimum Gasteiger partial charge on any atom is -0.548 e. The van der Waals surface area contributed by atoms with E-state index in [-0.39, 0.29) is 6.42 Å². The Hall–Kier alpha value is -2.11. The first-order valence-corrected chi connectivity index (χ1v) is 7.36. The molecular weight excluding hydrogens is 284 g/mol. The van der Waals surface area contributed by atoms with Crippen molar-refractivity contribution in [2.24, 2.45) is 0 Å². The lowest BCUT2D eigenvalue weighted by Crippen LogP contribution is -2.60. The number of hydrogen-bond acceptors (Lipinski definition) is 5. The second-order valence-electron chi connectivity index (χ2n) is 6.59. The molecule has 2 heterocycles. The number of carboxylic acids is 1. The summed E-state index contributed by atoms with van der Waals surface area (Å²) < 4.78 is 5.35. The van der Waals surface area contributed by atoms with Crippen molar-refractivity contribution in [1.82, 2.24) is 9.88 Å². The summed E-state index contributed by atoms with van der Waals surface area (Å²) in [4.78, 5) is 29.5. The number of amides is 1. The number of ether oxygens (including phenoxy) is 1. The van der Waals surface area contributed by atoms with E-state index in [9.17, 15) is 14.7 Å². The number of rotatable bonds is 3. The Kier molecular flexibility index (Phi) is 4.39. The van der Waals surface area contributed by atoms with Gasteiger partial charge >= 0.3 is 6.09 Å². The zero-order chi connectivity index (χ0) is 16.4. The molecule has 22 heavy (non-hydrogen) atoms. The van der Waals surface area contributed by atoms with E-state index >= 15 is 0 Å². The summed E-state index contributed by atoms with van der Waals surface area (Å²) in [5.41, 5.74) is -1.29. The summed E-state index contributed by atoms with van der Waals surface area (Å²) in [6.45, 7) is 5.61. The van der Waals surface area contributed by atoms with Crippen molar-refractivity contribution < 1.29 is 19.4 Å². The minimum atomic E-state index is -1.37. The van der Waals surface area contributed by atoms with E-state index < -0.39 is 23.2 Å². The number of hydrogen-bond donors (Lipinski definition) is 0. The quantitative estimate of drug-likeness (QED) is 0.836. The first-order chi connectivity index (χ1) is 10.2. The van der Waals surface area contributed by atoms with Gasteiger partial charge in [0.2, 0.25) is 0 Å². The number of carboxylic acid groups (broad SMARTS) is 1. The SMILES string of the molecule is CC(C)(C)OC(=O)N1CCC[C@]1(Cc1cccnc1)C(=O)[O-]. The van der Waals surface area contributed by atoms with Crippen molar-refractivity contribution in [2.75, 3.05) is 6.54 Å². The van der Waals surface area contributed by atoms with Crippen LogP contribution >= 0.6 is 0 Å². The summed E-state index contributed by atoms with van der Waals surface area (Å²) in [7, 11) is 0. The Morgan fingerprint density at radius 1 is 1.45 bits per heavy atom. The fraction of sp³-hybridized carbons (Fsp3) is 0.562. The van der Waals surface area contributed by atoms with Crippen LogP contribution in [0.15, 0.2) is 24.5 Å². The number of pyridine rings is 1. The number of likely N-dealkylation sites (tertiary alicyclic amines) is 1. The van der Waals surface area contributed by atoms with E-state index in [0.717, 1.165) is 5.56 Å². The molecule has 2 rings (SSSR count). The Morgan fingerprint density at radius 3 is 2.73 bits per heavy atom. The fourth-order valence-electron chi connectivity index (χ4n) is 2.77. The van der Waals surface area contributed by atoms with Crippen LogP contribution < -0.4 is 5.11 Å². The van der Waals surface area contributed by atoms with E-state index in [4.69, 9.17) is 4.74 Å². The normalized spacial score (nSPS) is 21.7. The van der Waals surface area contributed by atoms with Crippen LogP contribution in [0.1, 0.15) is 39.2 Å². The third-order valence-electron chi connectivity index (χ3n) is 3.70. The van der Waals surface area contributed by atoms with Gasteiger partial charge in [0.05, 0.1) is 11.5 Å². The highest BCUT2D eigenvalue weighted by molar-refractivity contribution is 5.84. The highest BCUT2D eigenvalue weighted by Gasteiger charge is 2.46. The van der Waals surface area contributed by atoms with Gasteiger partial charge in [-0.2, -0.15) is 0 Å². The summed E-state index contributed by atoms with van der Waals surface area (Å²) in [5, 5.41) is 11.8. The van der Waals surface area contributed by atoms with Gasteiger partial charge in [0, 0.05) is 25.4 Å². The van der Waals surface area contributed by atoms with E-state index in [1.807, 2.05) is 0 Å². The summed E-state index contributed by atoms with van der Waals surface area (Å²) in [6, 6.07) is 3.54. The van der Waals surface area contributed by atoms with Gasteiger partial charge in [-0.15, -0.1) is 0 Å². The highest BCUT2D eigenvalue weighted by Crippen LogP contribution is 2.33. The van der Waals surface area contributed by atoms with Crippen LogP contribution in [0.25, 0.3) is 0 Å². The van der Waals surface area contributed by atoms with Crippen molar-refractivity contribution in [2.45, 2.75) is 51.2 Å². The Labute approximate surface area is 130 Å². The Bertz CT molecular complexity index is 553. The second kappa shape index (κ2) is 5.94. The smallest absolute Gasteiger partial charge is 0.411 e. The van der Waals surface area contributed by atoms with Crippen molar-refractivity contribution in [3.8, 4) is 0 Å². The third kappa shape index (κ3) is 3.37. The number of aliphatic carboxylic acids is 1. The molecule has 1 amide bonds. The van der Waals surface area contributed by atoms with Gasteiger partial charge in [0.15, 0.2) is 0 Å².